The highest BCUT2D eigenvalue weighted by molar-refractivity contribution is 5.59. The Morgan fingerprint density at radius 3 is 2.45 bits per heavy atom. The third-order valence-electron chi connectivity index (χ3n) is 4.26. The fraction of sp³-hybridized carbons (Fsp3) is 0.444. The summed E-state index contributed by atoms with van der Waals surface area (Å²) < 4.78 is 0. The van der Waals surface area contributed by atoms with Crippen LogP contribution in [-0.4, -0.2) is 29.1 Å². The number of hydrogen-bond acceptors (Lipinski definition) is 4. The van der Waals surface area contributed by atoms with Crippen molar-refractivity contribution in [3.05, 3.63) is 42.2 Å². The van der Waals surface area contributed by atoms with Crippen molar-refractivity contribution < 1.29 is 0 Å². The molecule has 0 atom stereocenters. The van der Waals surface area contributed by atoms with Crippen LogP contribution in [0.25, 0.3) is 11.4 Å². The number of rotatable bonds is 3. The number of nitrogens with two attached hydrogens (primary N) is 1. The van der Waals surface area contributed by atoms with Crippen molar-refractivity contribution >= 4 is 5.69 Å². The molecule has 1 saturated heterocycles. The number of aromatic nitrogens is 2. The van der Waals surface area contributed by atoms with Crippen molar-refractivity contribution in [1.29, 1.82) is 0 Å². The van der Waals surface area contributed by atoms with Gasteiger partial charge in [-0.05, 0) is 18.8 Å². The molecule has 0 aliphatic carbocycles. The summed E-state index contributed by atoms with van der Waals surface area (Å²) in [5.74, 6) is 1.18. The maximum absolute atomic E-state index is 6.02. The highest BCUT2D eigenvalue weighted by atomic mass is 15.2. The maximum Gasteiger partial charge on any atom is 0.159 e. The average Bonchev–Trinajstić information content (AvgIpc) is 2.56. The third kappa shape index (κ3) is 3.12. The van der Waals surface area contributed by atoms with Crippen molar-refractivity contribution in [2.24, 2.45) is 5.73 Å². The summed E-state index contributed by atoms with van der Waals surface area (Å²) in [7, 11) is 0. The predicted molar refractivity (Wildman–Crippen MR) is 91.0 cm³/mol. The second-order valence-electron chi connectivity index (χ2n) is 6.31. The lowest BCUT2D eigenvalue weighted by Gasteiger charge is -2.33. The van der Waals surface area contributed by atoms with Crippen LogP contribution in [0.15, 0.2) is 36.5 Å². The summed E-state index contributed by atoms with van der Waals surface area (Å²) in [4.78, 5) is 11.8. The van der Waals surface area contributed by atoms with E-state index >= 15 is 0 Å². The second kappa shape index (κ2) is 6.44. The third-order valence-corrected chi connectivity index (χ3v) is 4.26. The van der Waals surface area contributed by atoms with E-state index in [4.69, 9.17) is 10.7 Å². The topological polar surface area (TPSA) is 55.0 Å². The molecule has 4 heteroatoms. The molecule has 0 amide bonds. The number of anilines is 1. The smallest absolute Gasteiger partial charge is 0.159 e. The average molecular weight is 296 g/mol. The molecule has 0 unspecified atom stereocenters. The molecular formula is C18H24N4. The Kier molecular flexibility index (Phi) is 4.39. The molecule has 1 aromatic heterocycles. The Morgan fingerprint density at radius 2 is 1.82 bits per heavy atom. The van der Waals surface area contributed by atoms with E-state index in [1.165, 1.54) is 5.69 Å². The zero-order valence-corrected chi connectivity index (χ0v) is 13.4. The van der Waals surface area contributed by atoms with Crippen LogP contribution in [0.1, 0.15) is 38.3 Å². The lowest BCUT2D eigenvalue weighted by molar-refractivity contribution is 0.499. The molecule has 116 valence electrons. The summed E-state index contributed by atoms with van der Waals surface area (Å²) in [6.45, 7) is 6.37. The first-order valence-corrected chi connectivity index (χ1v) is 8.08. The van der Waals surface area contributed by atoms with Crippen LogP contribution in [0.2, 0.25) is 0 Å². The monoisotopic (exact) mass is 296 g/mol. The summed E-state index contributed by atoms with van der Waals surface area (Å²) in [5, 5.41) is 0. The van der Waals surface area contributed by atoms with E-state index in [9.17, 15) is 0 Å². The zero-order chi connectivity index (χ0) is 15.5. The van der Waals surface area contributed by atoms with Crippen LogP contribution in [0.4, 0.5) is 5.69 Å². The molecule has 4 nitrogen and oxygen atoms in total. The molecule has 0 radical (unpaired) electrons. The summed E-state index contributed by atoms with van der Waals surface area (Å²) in [6, 6.07) is 10.5. The normalized spacial score (nSPS) is 16.3. The molecule has 3 rings (SSSR count). The Balaban J connectivity index is 1.94. The van der Waals surface area contributed by atoms with Crippen molar-refractivity contribution in [2.75, 3.05) is 18.0 Å². The fourth-order valence-corrected chi connectivity index (χ4v) is 2.92. The first-order valence-electron chi connectivity index (χ1n) is 8.08. The summed E-state index contributed by atoms with van der Waals surface area (Å²) in [5.41, 5.74) is 9.38. The van der Waals surface area contributed by atoms with E-state index in [0.717, 1.165) is 43.0 Å². The maximum atomic E-state index is 6.02. The standard InChI is InChI=1S/C18H24N4/c1-13(2)17-16(22-10-8-15(19)9-11-22)12-20-18(21-17)14-6-4-3-5-7-14/h3-7,12-13,15H,8-11,19H2,1-2H3. The Morgan fingerprint density at radius 1 is 1.14 bits per heavy atom. The van der Waals surface area contributed by atoms with Gasteiger partial charge in [-0.1, -0.05) is 44.2 Å². The van der Waals surface area contributed by atoms with Crippen LogP contribution >= 0.6 is 0 Å². The zero-order valence-electron chi connectivity index (χ0n) is 13.4. The summed E-state index contributed by atoms with van der Waals surface area (Å²) in [6.07, 6.45) is 4.07. The summed E-state index contributed by atoms with van der Waals surface area (Å²) >= 11 is 0. The quantitative estimate of drug-likeness (QED) is 0.945. The lowest BCUT2D eigenvalue weighted by atomic mass is 10.0. The molecule has 0 spiro atoms. The van der Waals surface area contributed by atoms with E-state index in [2.05, 4.69) is 35.9 Å². The van der Waals surface area contributed by atoms with Crippen LogP contribution in [0.5, 0.6) is 0 Å². The van der Waals surface area contributed by atoms with Gasteiger partial charge in [0.1, 0.15) is 0 Å². The Bertz CT molecular complexity index is 616. The van der Waals surface area contributed by atoms with E-state index < -0.39 is 0 Å². The number of hydrogen-bond donors (Lipinski definition) is 1. The number of benzene rings is 1. The van der Waals surface area contributed by atoms with Crippen LogP contribution in [0, 0.1) is 0 Å². The van der Waals surface area contributed by atoms with E-state index in [0.29, 0.717) is 12.0 Å². The van der Waals surface area contributed by atoms with Crippen LogP contribution in [-0.2, 0) is 0 Å². The molecular weight excluding hydrogens is 272 g/mol. The largest absolute Gasteiger partial charge is 0.369 e. The van der Waals surface area contributed by atoms with Gasteiger partial charge in [-0.15, -0.1) is 0 Å². The molecule has 1 fully saturated rings. The minimum atomic E-state index is 0.336. The van der Waals surface area contributed by atoms with Gasteiger partial charge in [-0.2, -0.15) is 0 Å². The predicted octanol–water partition coefficient (Wildman–Crippen LogP) is 3.19. The van der Waals surface area contributed by atoms with Gasteiger partial charge in [0, 0.05) is 24.7 Å². The SMILES string of the molecule is CC(C)c1nc(-c2ccccc2)ncc1N1CCC(N)CC1. The van der Waals surface area contributed by atoms with Gasteiger partial charge in [0.2, 0.25) is 0 Å². The van der Waals surface area contributed by atoms with Gasteiger partial charge in [-0.25, -0.2) is 9.97 Å². The number of piperidine rings is 1. The van der Waals surface area contributed by atoms with Gasteiger partial charge in [0.05, 0.1) is 17.6 Å². The van der Waals surface area contributed by atoms with Crippen molar-refractivity contribution in [1.82, 2.24) is 9.97 Å². The van der Waals surface area contributed by atoms with Crippen molar-refractivity contribution in [3.8, 4) is 11.4 Å². The molecule has 1 aliphatic rings. The van der Waals surface area contributed by atoms with E-state index in [1.807, 2.05) is 24.4 Å². The first-order chi connectivity index (χ1) is 10.6. The van der Waals surface area contributed by atoms with Gasteiger partial charge >= 0.3 is 0 Å². The lowest BCUT2D eigenvalue weighted by Crippen LogP contribution is -2.40. The highest BCUT2D eigenvalue weighted by Crippen LogP contribution is 2.29. The highest BCUT2D eigenvalue weighted by Gasteiger charge is 2.21. The molecule has 0 saturated carbocycles. The fourth-order valence-electron chi connectivity index (χ4n) is 2.92. The molecule has 2 heterocycles. The minimum Gasteiger partial charge on any atom is -0.369 e. The van der Waals surface area contributed by atoms with E-state index in [-0.39, 0.29) is 0 Å². The van der Waals surface area contributed by atoms with E-state index in [1.54, 1.807) is 0 Å². The molecule has 2 aromatic rings. The molecule has 1 aromatic carbocycles. The second-order valence-corrected chi connectivity index (χ2v) is 6.31. The van der Waals surface area contributed by atoms with Gasteiger partial charge in [0.15, 0.2) is 5.82 Å². The van der Waals surface area contributed by atoms with Crippen molar-refractivity contribution in [2.45, 2.75) is 38.6 Å². The molecule has 2 N–H and O–H groups in total. The van der Waals surface area contributed by atoms with Gasteiger partial charge in [-0.3, -0.25) is 0 Å². The molecule has 0 bridgehead atoms. The molecule has 1 aliphatic heterocycles. The van der Waals surface area contributed by atoms with Gasteiger partial charge in [0.25, 0.3) is 0 Å². The van der Waals surface area contributed by atoms with Gasteiger partial charge < -0.3 is 10.6 Å². The Labute approximate surface area is 132 Å². The van der Waals surface area contributed by atoms with Crippen LogP contribution in [0.3, 0.4) is 0 Å². The minimum absolute atomic E-state index is 0.336. The Hall–Kier alpha value is -1.94. The first kappa shape index (κ1) is 15.0. The molecule has 22 heavy (non-hydrogen) atoms. The van der Waals surface area contributed by atoms with Crippen LogP contribution < -0.4 is 10.6 Å². The van der Waals surface area contributed by atoms with Crippen molar-refractivity contribution in [3.63, 3.8) is 0 Å². The number of nitrogens with zero attached hydrogens (tertiary/aromatic N) is 3.